The zero-order chi connectivity index (χ0) is 14.3. The van der Waals surface area contributed by atoms with E-state index >= 15 is 0 Å². The number of ether oxygens (including phenoxy) is 1. The predicted molar refractivity (Wildman–Crippen MR) is 72.1 cm³/mol. The Morgan fingerprint density at radius 2 is 1.84 bits per heavy atom. The molecule has 5 nitrogen and oxygen atoms in total. The van der Waals surface area contributed by atoms with Crippen LogP contribution in [0.4, 0.5) is 0 Å². The fraction of sp³-hybridized carbons (Fsp3) is 0.462. The zero-order valence-electron chi connectivity index (χ0n) is 11.2. The lowest BCUT2D eigenvalue weighted by Gasteiger charge is -2.20. The minimum atomic E-state index is -3.64. The van der Waals surface area contributed by atoms with Crippen molar-refractivity contribution >= 4 is 16.0 Å². The van der Waals surface area contributed by atoms with E-state index in [0.29, 0.717) is 6.42 Å². The molecule has 0 aliphatic carbocycles. The SMILES string of the molecule is CCCN(CC(=O)OCC)S(=O)(=O)c1ccccc1. The molecule has 6 heteroatoms. The van der Waals surface area contributed by atoms with Gasteiger partial charge in [0.05, 0.1) is 11.5 Å². The highest BCUT2D eigenvalue weighted by atomic mass is 32.2. The van der Waals surface area contributed by atoms with Crippen molar-refractivity contribution in [1.82, 2.24) is 4.31 Å². The number of esters is 1. The van der Waals surface area contributed by atoms with Crippen LogP contribution in [0.1, 0.15) is 20.3 Å². The first kappa shape index (κ1) is 15.7. The normalized spacial score (nSPS) is 11.5. The Hall–Kier alpha value is -1.40. The molecule has 0 aromatic heterocycles. The van der Waals surface area contributed by atoms with Gasteiger partial charge in [0, 0.05) is 6.54 Å². The highest BCUT2D eigenvalue weighted by Gasteiger charge is 2.26. The molecule has 1 aromatic carbocycles. The molecule has 19 heavy (non-hydrogen) atoms. The molecule has 0 aliphatic heterocycles. The first-order chi connectivity index (χ1) is 9.02. The van der Waals surface area contributed by atoms with E-state index in [1.165, 1.54) is 12.1 Å². The lowest BCUT2D eigenvalue weighted by Crippen LogP contribution is -2.37. The fourth-order valence-electron chi connectivity index (χ4n) is 1.63. The van der Waals surface area contributed by atoms with Crippen LogP contribution in [0.15, 0.2) is 35.2 Å². The lowest BCUT2D eigenvalue weighted by atomic mass is 10.4. The van der Waals surface area contributed by atoms with Gasteiger partial charge in [-0.3, -0.25) is 4.79 Å². The van der Waals surface area contributed by atoms with Crippen LogP contribution in [0.3, 0.4) is 0 Å². The molecule has 1 aromatic rings. The zero-order valence-corrected chi connectivity index (χ0v) is 12.0. The largest absolute Gasteiger partial charge is 0.465 e. The van der Waals surface area contributed by atoms with Crippen molar-refractivity contribution in [2.24, 2.45) is 0 Å². The lowest BCUT2D eigenvalue weighted by molar-refractivity contribution is -0.143. The molecule has 0 heterocycles. The molecular weight excluding hydrogens is 266 g/mol. The Bertz CT molecular complexity index is 499. The van der Waals surface area contributed by atoms with Crippen molar-refractivity contribution in [3.8, 4) is 0 Å². The van der Waals surface area contributed by atoms with Crippen LogP contribution in [0, 0.1) is 0 Å². The molecule has 1 rings (SSSR count). The van der Waals surface area contributed by atoms with Gasteiger partial charge in [0.15, 0.2) is 0 Å². The summed E-state index contributed by atoms with van der Waals surface area (Å²) in [5, 5.41) is 0. The number of rotatable bonds is 7. The van der Waals surface area contributed by atoms with Crippen LogP contribution in [0.25, 0.3) is 0 Å². The second kappa shape index (κ2) is 7.25. The van der Waals surface area contributed by atoms with Crippen molar-refractivity contribution in [1.29, 1.82) is 0 Å². The minimum absolute atomic E-state index is 0.188. The average molecular weight is 285 g/mol. The maximum absolute atomic E-state index is 12.4. The Morgan fingerprint density at radius 3 is 2.37 bits per heavy atom. The number of benzene rings is 1. The molecule has 106 valence electrons. The van der Waals surface area contributed by atoms with Crippen LogP contribution in [0.2, 0.25) is 0 Å². The summed E-state index contributed by atoms with van der Waals surface area (Å²) in [5.41, 5.74) is 0. The van der Waals surface area contributed by atoms with E-state index in [1.54, 1.807) is 25.1 Å². The van der Waals surface area contributed by atoms with Crippen molar-refractivity contribution in [2.45, 2.75) is 25.2 Å². The van der Waals surface area contributed by atoms with Gasteiger partial charge in [0.1, 0.15) is 6.54 Å². The number of carbonyl (C=O) groups is 1. The van der Waals surface area contributed by atoms with E-state index in [1.807, 2.05) is 6.92 Å². The Balaban J connectivity index is 2.95. The van der Waals surface area contributed by atoms with Crippen molar-refractivity contribution < 1.29 is 17.9 Å². The van der Waals surface area contributed by atoms with Gasteiger partial charge in [0.2, 0.25) is 10.0 Å². The Morgan fingerprint density at radius 1 is 1.21 bits per heavy atom. The average Bonchev–Trinajstić information content (AvgIpc) is 2.39. The van der Waals surface area contributed by atoms with Gasteiger partial charge in [-0.15, -0.1) is 0 Å². The molecule has 0 saturated carbocycles. The fourth-order valence-corrected chi connectivity index (χ4v) is 3.12. The van der Waals surface area contributed by atoms with Gasteiger partial charge >= 0.3 is 5.97 Å². The molecule has 0 spiro atoms. The van der Waals surface area contributed by atoms with Gasteiger partial charge in [0.25, 0.3) is 0 Å². The summed E-state index contributed by atoms with van der Waals surface area (Å²) in [5.74, 6) is -0.532. The third kappa shape index (κ3) is 4.33. The van der Waals surface area contributed by atoms with E-state index in [-0.39, 0.29) is 24.6 Å². The Kier molecular flexibility index (Phi) is 5.98. The molecular formula is C13H19NO4S. The second-order valence-electron chi connectivity index (χ2n) is 3.96. The summed E-state index contributed by atoms with van der Waals surface area (Å²) in [6, 6.07) is 8.09. The third-order valence-corrected chi connectivity index (χ3v) is 4.32. The molecule has 0 N–H and O–H groups in total. The number of carbonyl (C=O) groups excluding carboxylic acids is 1. The van der Waals surface area contributed by atoms with Crippen LogP contribution >= 0.6 is 0 Å². The molecule has 0 radical (unpaired) electrons. The second-order valence-corrected chi connectivity index (χ2v) is 5.89. The van der Waals surface area contributed by atoms with Gasteiger partial charge in [-0.1, -0.05) is 25.1 Å². The highest BCUT2D eigenvalue weighted by Crippen LogP contribution is 2.15. The van der Waals surface area contributed by atoms with Crippen molar-refractivity contribution in [2.75, 3.05) is 19.7 Å². The minimum Gasteiger partial charge on any atom is -0.465 e. The first-order valence-electron chi connectivity index (χ1n) is 6.23. The van der Waals surface area contributed by atoms with Crippen LogP contribution in [0.5, 0.6) is 0 Å². The molecule has 0 atom stereocenters. The maximum Gasteiger partial charge on any atom is 0.321 e. The molecule has 0 fully saturated rings. The number of nitrogens with zero attached hydrogens (tertiary/aromatic N) is 1. The van der Waals surface area contributed by atoms with Crippen LogP contribution in [-0.2, 0) is 19.6 Å². The molecule has 0 bridgehead atoms. The monoisotopic (exact) mass is 285 g/mol. The standard InChI is InChI=1S/C13H19NO4S/c1-3-10-14(11-13(15)18-4-2)19(16,17)12-8-6-5-7-9-12/h5-9H,3-4,10-11H2,1-2H3. The topological polar surface area (TPSA) is 63.7 Å². The quantitative estimate of drug-likeness (QED) is 0.715. The molecule has 0 unspecified atom stereocenters. The van der Waals surface area contributed by atoms with E-state index < -0.39 is 16.0 Å². The maximum atomic E-state index is 12.4. The van der Waals surface area contributed by atoms with E-state index in [4.69, 9.17) is 4.74 Å². The number of hydrogen-bond donors (Lipinski definition) is 0. The van der Waals surface area contributed by atoms with Crippen molar-refractivity contribution in [3.63, 3.8) is 0 Å². The number of sulfonamides is 1. The summed E-state index contributed by atoms with van der Waals surface area (Å²) >= 11 is 0. The Labute approximate surface area is 114 Å². The van der Waals surface area contributed by atoms with Gasteiger partial charge in [-0.05, 0) is 25.5 Å². The third-order valence-electron chi connectivity index (χ3n) is 2.46. The van der Waals surface area contributed by atoms with Gasteiger partial charge in [-0.25, -0.2) is 8.42 Å². The van der Waals surface area contributed by atoms with Crippen molar-refractivity contribution in [3.05, 3.63) is 30.3 Å². The summed E-state index contributed by atoms with van der Waals surface area (Å²) < 4.78 is 30.7. The smallest absolute Gasteiger partial charge is 0.321 e. The summed E-state index contributed by atoms with van der Waals surface area (Å²) in [6.07, 6.45) is 0.630. The number of hydrogen-bond acceptors (Lipinski definition) is 4. The highest BCUT2D eigenvalue weighted by molar-refractivity contribution is 7.89. The first-order valence-corrected chi connectivity index (χ1v) is 7.67. The van der Waals surface area contributed by atoms with E-state index in [2.05, 4.69) is 0 Å². The molecule has 0 amide bonds. The summed E-state index contributed by atoms with van der Waals surface area (Å²) in [7, 11) is -3.64. The predicted octanol–water partition coefficient (Wildman–Crippen LogP) is 1.65. The molecule has 0 aliphatic rings. The molecule has 0 saturated heterocycles. The van der Waals surface area contributed by atoms with Crippen LogP contribution < -0.4 is 0 Å². The summed E-state index contributed by atoms with van der Waals surface area (Å²) in [6.45, 7) is 3.82. The van der Waals surface area contributed by atoms with Gasteiger partial charge in [-0.2, -0.15) is 4.31 Å². The van der Waals surface area contributed by atoms with Gasteiger partial charge < -0.3 is 4.74 Å². The van der Waals surface area contributed by atoms with Crippen LogP contribution in [-0.4, -0.2) is 38.4 Å². The summed E-state index contributed by atoms with van der Waals surface area (Å²) in [4.78, 5) is 11.7. The van der Waals surface area contributed by atoms with E-state index in [9.17, 15) is 13.2 Å². The van der Waals surface area contributed by atoms with E-state index in [0.717, 1.165) is 4.31 Å².